The third-order valence-corrected chi connectivity index (χ3v) is 4.20. The van der Waals surface area contributed by atoms with Crippen molar-refractivity contribution in [1.29, 1.82) is 0 Å². The van der Waals surface area contributed by atoms with E-state index >= 15 is 0 Å². The molecule has 0 aliphatic heterocycles. The largest absolute Gasteiger partial charge is 0.495 e. The van der Waals surface area contributed by atoms with Crippen LogP contribution in [0.1, 0.15) is 21.5 Å². The van der Waals surface area contributed by atoms with Crippen LogP contribution in [0.5, 0.6) is 5.75 Å². The van der Waals surface area contributed by atoms with Crippen LogP contribution in [0.4, 0.5) is 10.1 Å². The summed E-state index contributed by atoms with van der Waals surface area (Å²) in [6.07, 6.45) is 3.34. The molecule has 7 heteroatoms. The maximum atomic E-state index is 13.8. The minimum absolute atomic E-state index is 0.200. The van der Waals surface area contributed by atoms with Crippen molar-refractivity contribution in [3.05, 3.63) is 89.5 Å². The van der Waals surface area contributed by atoms with Gasteiger partial charge in [0.05, 0.1) is 19.3 Å². The van der Waals surface area contributed by atoms with E-state index < -0.39 is 11.7 Å². The zero-order valence-corrected chi connectivity index (χ0v) is 16.1. The molecule has 0 spiro atoms. The Morgan fingerprint density at radius 3 is 2.62 bits per heavy atom. The van der Waals surface area contributed by atoms with Crippen LogP contribution >= 0.6 is 0 Å². The minimum atomic E-state index is -0.472. The maximum Gasteiger partial charge on any atom is 0.258 e. The Balaban J connectivity index is 1.85. The number of para-hydroxylation sites is 2. The second kappa shape index (κ2) is 9.45. The highest BCUT2D eigenvalue weighted by Gasteiger charge is 2.13. The summed E-state index contributed by atoms with van der Waals surface area (Å²) in [7, 11) is 1.56. The molecule has 3 aromatic rings. The summed E-state index contributed by atoms with van der Waals surface area (Å²) in [6.45, 7) is 1.96. The van der Waals surface area contributed by atoms with Crippen LogP contribution in [-0.2, 0) is 6.54 Å². The van der Waals surface area contributed by atoms with E-state index in [1.165, 1.54) is 6.07 Å². The lowest BCUT2D eigenvalue weighted by Crippen LogP contribution is -2.36. The second-order valence-electron chi connectivity index (χ2n) is 6.26. The molecular formula is C22H21FN4O2. The molecule has 0 aliphatic carbocycles. The van der Waals surface area contributed by atoms with Crippen LogP contribution < -0.4 is 15.4 Å². The molecule has 6 nitrogen and oxygen atoms in total. The number of rotatable bonds is 5. The predicted octanol–water partition coefficient (Wildman–Crippen LogP) is 3.94. The van der Waals surface area contributed by atoms with E-state index in [2.05, 4.69) is 20.6 Å². The van der Waals surface area contributed by atoms with Gasteiger partial charge in [0, 0.05) is 18.0 Å². The zero-order chi connectivity index (χ0) is 20.6. The van der Waals surface area contributed by atoms with E-state index in [1.807, 2.05) is 24.3 Å². The van der Waals surface area contributed by atoms with E-state index in [1.54, 1.807) is 50.7 Å². The number of carbonyl (C=O) groups is 1. The van der Waals surface area contributed by atoms with Gasteiger partial charge in [-0.25, -0.2) is 9.38 Å². The van der Waals surface area contributed by atoms with E-state index in [0.29, 0.717) is 23.5 Å². The molecule has 148 valence electrons. The molecule has 3 rings (SSSR count). The lowest BCUT2D eigenvalue weighted by Gasteiger charge is -2.14. The minimum Gasteiger partial charge on any atom is -0.495 e. The highest BCUT2D eigenvalue weighted by molar-refractivity contribution is 6.10. The van der Waals surface area contributed by atoms with Gasteiger partial charge in [0.1, 0.15) is 11.6 Å². The maximum absolute atomic E-state index is 13.8. The van der Waals surface area contributed by atoms with Gasteiger partial charge >= 0.3 is 0 Å². The first kappa shape index (κ1) is 20.0. The summed E-state index contributed by atoms with van der Waals surface area (Å²) in [4.78, 5) is 21.1. The van der Waals surface area contributed by atoms with Gasteiger partial charge in [0.15, 0.2) is 0 Å². The van der Waals surface area contributed by atoms with Crippen molar-refractivity contribution in [1.82, 2.24) is 10.3 Å². The highest BCUT2D eigenvalue weighted by Crippen LogP contribution is 2.23. The van der Waals surface area contributed by atoms with Crippen molar-refractivity contribution in [2.75, 3.05) is 12.4 Å². The summed E-state index contributed by atoms with van der Waals surface area (Å²) in [6, 6.07) is 15.3. The molecule has 0 saturated heterocycles. The standard InChI is InChI=1S/C22H21FN4O2/c1-15-7-8-17(13-18(15)23)21(28)27-22(25-14-16-9-11-24-12-10-16)26-19-5-3-4-6-20(19)29-2/h3-13H,14H2,1-2H3,(H2,25,26,27,28). The van der Waals surface area contributed by atoms with Crippen molar-refractivity contribution in [2.24, 2.45) is 4.99 Å². The molecule has 0 atom stereocenters. The van der Waals surface area contributed by atoms with Crippen molar-refractivity contribution >= 4 is 17.6 Å². The van der Waals surface area contributed by atoms with Gasteiger partial charge < -0.3 is 10.1 Å². The lowest BCUT2D eigenvalue weighted by molar-refractivity contribution is 0.0976. The number of benzene rings is 2. The first-order chi connectivity index (χ1) is 14.1. The Labute approximate surface area is 168 Å². The number of hydrogen-bond acceptors (Lipinski definition) is 4. The van der Waals surface area contributed by atoms with Crippen LogP contribution in [0.25, 0.3) is 0 Å². The number of methoxy groups -OCH3 is 1. The Morgan fingerprint density at radius 2 is 1.90 bits per heavy atom. The second-order valence-corrected chi connectivity index (χ2v) is 6.26. The Hall–Kier alpha value is -3.74. The van der Waals surface area contributed by atoms with Crippen molar-refractivity contribution in [3.63, 3.8) is 0 Å². The number of hydrogen-bond donors (Lipinski definition) is 2. The monoisotopic (exact) mass is 392 g/mol. The van der Waals surface area contributed by atoms with Gasteiger partial charge in [0.25, 0.3) is 5.91 Å². The smallest absolute Gasteiger partial charge is 0.258 e. The van der Waals surface area contributed by atoms with Gasteiger partial charge in [-0.2, -0.15) is 0 Å². The molecule has 0 fully saturated rings. The fourth-order valence-electron chi connectivity index (χ4n) is 2.56. The summed E-state index contributed by atoms with van der Waals surface area (Å²) < 4.78 is 19.2. The van der Waals surface area contributed by atoms with Gasteiger partial charge in [0.2, 0.25) is 5.96 Å². The molecule has 1 heterocycles. The number of aryl methyl sites for hydroxylation is 1. The Kier molecular flexibility index (Phi) is 6.52. The van der Waals surface area contributed by atoms with E-state index in [9.17, 15) is 9.18 Å². The summed E-state index contributed by atoms with van der Waals surface area (Å²) in [5.74, 6) is -0.0950. The van der Waals surface area contributed by atoms with Crippen LogP contribution in [0, 0.1) is 12.7 Å². The summed E-state index contributed by atoms with van der Waals surface area (Å²) in [5, 5.41) is 5.79. The molecule has 1 aromatic heterocycles. The van der Waals surface area contributed by atoms with Crippen molar-refractivity contribution in [2.45, 2.75) is 13.5 Å². The zero-order valence-electron chi connectivity index (χ0n) is 16.1. The molecule has 1 amide bonds. The number of nitrogens with zero attached hydrogens (tertiary/aromatic N) is 2. The number of ether oxygens (including phenoxy) is 1. The van der Waals surface area contributed by atoms with Gasteiger partial charge in [-0.1, -0.05) is 18.2 Å². The predicted molar refractivity (Wildman–Crippen MR) is 111 cm³/mol. The number of aromatic nitrogens is 1. The Bertz CT molecular complexity index is 1020. The first-order valence-electron chi connectivity index (χ1n) is 8.97. The number of aliphatic imine (C=N–C) groups is 1. The molecule has 0 unspecified atom stereocenters. The molecule has 0 saturated carbocycles. The van der Waals surface area contributed by atoms with Crippen LogP contribution in [0.3, 0.4) is 0 Å². The number of carbonyl (C=O) groups excluding carboxylic acids is 1. The third-order valence-electron chi connectivity index (χ3n) is 4.20. The number of pyridine rings is 1. The average molecular weight is 392 g/mol. The number of guanidine groups is 1. The number of halogens is 1. The molecule has 0 bridgehead atoms. The summed E-state index contributed by atoms with van der Waals surface area (Å²) >= 11 is 0. The third kappa shape index (κ3) is 5.38. The van der Waals surface area contributed by atoms with Gasteiger partial charge in [-0.05, 0) is 54.4 Å². The average Bonchev–Trinajstić information content (AvgIpc) is 2.75. The van der Waals surface area contributed by atoms with Gasteiger partial charge in [-0.15, -0.1) is 0 Å². The summed E-state index contributed by atoms with van der Waals surface area (Å²) in [5.41, 5.74) is 2.24. The quantitative estimate of drug-likeness (QED) is 0.509. The van der Waals surface area contributed by atoms with Crippen LogP contribution in [-0.4, -0.2) is 24.0 Å². The number of anilines is 1. The normalized spacial score (nSPS) is 11.1. The van der Waals surface area contributed by atoms with Crippen LogP contribution in [0.15, 0.2) is 72.0 Å². The lowest BCUT2D eigenvalue weighted by atomic mass is 10.1. The first-order valence-corrected chi connectivity index (χ1v) is 8.97. The molecule has 0 radical (unpaired) electrons. The molecule has 2 N–H and O–H groups in total. The molecule has 0 aliphatic rings. The van der Waals surface area contributed by atoms with E-state index in [-0.39, 0.29) is 11.5 Å². The van der Waals surface area contributed by atoms with Crippen molar-refractivity contribution in [3.8, 4) is 5.75 Å². The van der Waals surface area contributed by atoms with Crippen LogP contribution in [0.2, 0.25) is 0 Å². The van der Waals surface area contributed by atoms with Gasteiger partial charge in [-0.3, -0.25) is 15.1 Å². The molecule has 2 aromatic carbocycles. The van der Waals surface area contributed by atoms with E-state index in [4.69, 9.17) is 4.74 Å². The van der Waals surface area contributed by atoms with E-state index in [0.717, 1.165) is 5.56 Å². The fourth-order valence-corrected chi connectivity index (χ4v) is 2.56. The Morgan fingerprint density at radius 1 is 1.14 bits per heavy atom. The number of amides is 1. The highest BCUT2D eigenvalue weighted by atomic mass is 19.1. The molecule has 29 heavy (non-hydrogen) atoms. The number of nitrogens with one attached hydrogen (secondary N) is 2. The van der Waals surface area contributed by atoms with Crippen molar-refractivity contribution < 1.29 is 13.9 Å². The topological polar surface area (TPSA) is 75.6 Å². The molecular weight excluding hydrogens is 371 g/mol. The fraction of sp³-hybridized carbons (Fsp3) is 0.136. The SMILES string of the molecule is COc1ccccc1NC(=NCc1ccncc1)NC(=O)c1ccc(C)c(F)c1.